The molecule has 1 aliphatic heterocycles. The number of aromatic nitrogens is 3. The summed E-state index contributed by atoms with van der Waals surface area (Å²) in [4.78, 5) is 18.9. The van der Waals surface area contributed by atoms with Gasteiger partial charge in [0.2, 0.25) is 0 Å². The number of hydrogen-bond donors (Lipinski definition) is 1. The highest BCUT2D eigenvalue weighted by Gasteiger charge is 2.23. The average molecular weight is 329 g/mol. The summed E-state index contributed by atoms with van der Waals surface area (Å²) < 4.78 is 7.44. The molecule has 0 saturated carbocycles. The van der Waals surface area contributed by atoms with Crippen LogP contribution in [0.15, 0.2) is 24.5 Å². The fraction of sp³-hybridized carbons (Fsp3) is 0.471. The van der Waals surface area contributed by atoms with Gasteiger partial charge < -0.3 is 15.0 Å². The second kappa shape index (κ2) is 6.60. The van der Waals surface area contributed by atoms with Crippen molar-refractivity contribution < 1.29 is 9.53 Å². The normalized spacial score (nSPS) is 20.9. The van der Waals surface area contributed by atoms with Gasteiger partial charge in [-0.2, -0.15) is 5.10 Å². The van der Waals surface area contributed by atoms with Gasteiger partial charge in [0.15, 0.2) is 0 Å². The van der Waals surface area contributed by atoms with Crippen molar-refractivity contribution >= 4 is 17.3 Å². The molecule has 1 saturated heterocycles. The zero-order chi connectivity index (χ0) is 17.3. The number of carbonyl (C=O) groups is 1. The predicted octanol–water partition coefficient (Wildman–Crippen LogP) is 1.99. The second-order valence-electron chi connectivity index (χ2n) is 6.32. The Hall–Kier alpha value is -2.41. The summed E-state index contributed by atoms with van der Waals surface area (Å²) in [5.41, 5.74) is 2.85. The highest BCUT2D eigenvalue weighted by Crippen LogP contribution is 2.21. The first-order valence-electron chi connectivity index (χ1n) is 8.10. The zero-order valence-electron chi connectivity index (χ0n) is 14.5. The Balaban J connectivity index is 1.77. The summed E-state index contributed by atoms with van der Waals surface area (Å²) in [5.74, 6) is -0.234. The highest BCUT2D eigenvalue weighted by molar-refractivity contribution is 6.03. The molecule has 0 aliphatic carbocycles. The molecule has 2 aromatic rings. The first kappa shape index (κ1) is 16.4. The van der Waals surface area contributed by atoms with E-state index >= 15 is 0 Å². The largest absolute Gasteiger partial charge is 0.372 e. The van der Waals surface area contributed by atoms with Crippen LogP contribution in [-0.4, -0.2) is 46.0 Å². The Morgan fingerprint density at radius 1 is 1.33 bits per heavy atom. The van der Waals surface area contributed by atoms with Crippen LogP contribution in [0.25, 0.3) is 0 Å². The summed E-state index contributed by atoms with van der Waals surface area (Å²) in [6, 6.07) is 3.75. The van der Waals surface area contributed by atoms with Gasteiger partial charge >= 0.3 is 0 Å². The van der Waals surface area contributed by atoms with E-state index in [2.05, 4.69) is 34.1 Å². The second-order valence-corrected chi connectivity index (χ2v) is 6.32. The Morgan fingerprint density at radius 3 is 2.67 bits per heavy atom. The van der Waals surface area contributed by atoms with Gasteiger partial charge in [0, 0.05) is 38.2 Å². The molecule has 0 bridgehead atoms. The van der Waals surface area contributed by atoms with Gasteiger partial charge in [-0.3, -0.25) is 14.5 Å². The van der Waals surface area contributed by atoms with Crippen molar-refractivity contribution in [2.24, 2.45) is 7.05 Å². The number of morpholine rings is 1. The summed E-state index contributed by atoms with van der Waals surface area (Å²) in [5, 5.41) is 7.09. The van der Waals surface area contributed by atoms with Gasteiger partial charge in [-0.05, 0) is 32.9 Å². The fourth-order valence-electron chi connectivity index (χ4n) is 3.04. The minimum Gasteiger partial charge on any atom is -0.372 e. The van der Waals surface area contributed by atoms with Crippen molar-refractivity contribution in [2.45, 2.75) is 33.0 Å². The molecule has 1 aliphatic rings. The Morgan fingerprint density at radius 2 is 2.04 bits per heavy atom. The van der Waals surface area contributed by atoms with E-state index in [1.807, 2.05) is 26.1 Å². The van der Waals surface area contributed by atoms with Crippen molar-refractivity contribution in [1.82, 2.24) is 14.8 Å². The first-order chi connectivity index (χ1) is 11.4. The molecule has 2 aromatic heterocycles. The number of ether oxygens (including phenoxy) is 1. The standard InChI is InChI=1S/C17H23N5O2/c1-11-8-22(9-12(2)24-11)14-5-6-18-15(7-14)17(23)19-16-10-21(4)20-13(16)3/h5-7,10-12H,8-9H2,1-4H3,(H,19,23)/t11-,12-/m0/s1. The van der Waals surface area contributed by atoms with E-state index in [0.717, 1.165) is 24.5 Å². The highest BCUT2D eigenvalue weighted by atomic mass is 16.5. The first-order valence-corrected chi connectivity index (χ1v) is 8.10. The topological polar surface area (TPSA) is 72.3 Å². The molecule has 24 heavy (non-hydrogen) atoms. The third kappa shape index (κ3) is 3.56. The number of anilines is 2. The van der Waals surface area contributed by atoms with Gasteiger partial charge in [0.1, 0.15) is 5.69 Å². The number of nitrogens with one attached hydrogen (secondary N) is 1. The maximum absolute atomic E-state index is 12.5. The molecule has 7 nitrogen and oxygen atoms in total. The molecule has 3 rings (SSSR count). The molecule has 0 radical (unpaired) electrons. The van der Waals surface area contributed by atoms with Crippen LogP contribution in [0, 0.1) is 6.92 Å². The summed E-state index contributed by atoms with van der Waals surface area (Å²) in [6.45, 7) is 7.58. The molecule has 2 atom stereocenters. The van der Waals surface area contributed by atoms with Crippen LogP contribution in [0.4, 0.5) is 11.4 Å². The number of hydrogen-bond acceptors (Lipinski definition) is 5. The molecule has 0 unspecified atom stereocenters. The lowest BCUT2D eigenvalue weighted by Crippen LogP contribution is -2.45. The van der Waals surface area contributed by atoms with E-state index in [0.29, 0.717) is 11.4 Å². The SMILES string of the molecule is Cc1nn(C)cc1NC(=O)c1cc(N2C[C@H](C)O[C@@H](C)C2)ccn1. The molecule has 1 fully saturated rings. The van der Waals surface area contributed by atoms with E-state index in [9.17, 15) is 4.79 Å². The zero-order valence-corrected chi connectivity index (χ0v) is 14.5. The van der Waals surface area contributed by atoms with Gasteiger partial charge in [-0.1, -0.05) is 0 Å². The van der Waals surface area contributed by atoms with E-state index in [1.54, 1.807) is 17.1 Å². The number of aryl methyl sites for hydroxylation is 2. The summed E-state index contributed by atoms with van der Waals surface area (Å²) in [7, 11) is 1.82. The smallest absolute Gasteiger partial charge is 0.274 e. The van der Waals surface area contributed by atoms with Crippen molar-refractivity contribution in [3.8, 4) is 0 Å². The summed E-state index contributed by atoms with van der Waals surface area (Å²) >= 11 is 0. The van der Waals surface area contributed by atoms with Crippen LogP contribution in [-0.2, 0) is 11.8 Å². The quantitative estimate of drug-likeness (QED) is 0.932. The maximum atomic E-state index is 12.5. The summed E-state index contributed by atoms with van der Waals surface area (Å²) in [6.07, 6.45) is 3.78. The Labute approximate surface area is 141 Å². The lowest BCUT2D eigenvalue weighted by Gasteiger charge is -2.36. The van der Waals surface area contributed by atoms with Crippen LogP contribution < -0.4 is 10.2 Å². The van der Waals surface area contributed by atoms with Crippen molar-refractivity contribution in [3.05, 3.63) is 35.9 Å². The number of carbonyl (C=O) groups excluding carboxylic acids is 1. The van der Waals surface area contributed by atoms with E-state index < -0.39 is 0 Å². The minimum absolute atomic E-state index is 0.164. The van der Waals surface area contributed by atoms with Crippen molar-refractivity contribution in [1.29, 1.82) is 0 Å². The van der Waals surface area contributed by atoms with E-state index in [1.165, 1.54) is 0 Å². The van der Waals surface area contributed by atoms with E-state index in [-0.39, 0.29) is 18.1 Å². The van der Waals surface area contributed by atoms with Crippen LogP contribution in [0.5, 0.6) is 0 Å². The molecule has 128 valence electrons. The number of rotatable bonds is 3. The number of pyridine rings is 1. The molecule has 0 spiro atoms. The van der Waals surface area contributed by atoms with E-state index in [4.69, 9.17) is 4.74 Å². The molecule has 3 heterocycles. The number of nitrogens with zero attached hydrogens (tertiary/aromatic N) is 4. The van der Waals surface area contributed by atoms with Crippen LogP contribution in [0.2, 0.25) is 0 Å². The molecular formula is C17H23N5O2. The number of amides is 1. The molecule has 1 amide bonds. The van der Waals surface area contributed by atoms with Crippen LogP contribution in [0.1, 0.15) is 30.0 Å². The van der Waals surface area contributed by atoms with Gasteiger partial charge in [-0.15, -0.1) is 0 Å². The van der Waals surface area contributed by atoms with Crippen molar-refractivity contribution in [3.63, 3.8) is 0 Å². The molecule has 0 aromatic carbocycles. The monoisotopic (exact) mass is 329 g/mol. The third-order valence-electron chi connectivity index (χ3n) is 4.02. The lowest BCUT2D eigenvalue weighted by atomic mass is 10.2. The van der Waals surface area contributed by atoms with Crippen molar-refractivity contribution in [2.75, 3.05) is 23.3 Å². The molecule has 7 heteroatoms. The van der Waals surface area contributed by atoms with Crippen LogP contribution in [0.3, 0.4) is 0 Å². The minimum atomic E-state index is -0.234. The Bertz CT molecular complexity index is 732. The Kier molecular flexibility index (Phi) is 4.53. The van der Waals surface area contributed by atoms with Gasteiger partial charge in [-0.25, -0.2) is 0 Å². The lowest BCUT2D eigenvalue weighted by molar-refractivity contribution is -0.00522. The maximum Gasteiger partial charge on any atom is 0.274 e. The predicted molar refractivity (Wildman–Crippen MR) is 92.4 cm³/mol. The molecule has 1 N–H and O–H groups in total. The molecular weight excluding hydrogens is 306 g/mol. The average Bonchev–Trinajstić information content (AvgIpc) is 2.84. The third-order valence-corrected chi connectivity index (χ3v) is 4.02. The van der Waals surface area contributed by atoms with Gasteiger partial charge in [0.25, 0.3) is 5.91 Å². The van der Waals surface area contributed by atoms with Gasteiger partial charge in [0.05, 0.1) is 23.6 Å². The fourth-order valence-corrected chi connectivity index (χ4v) is 3.04. The van der Waals surface area contributed by atoms with Crippen LogP contribution >= 0.6 is 0 Å².